The Balaban J connectivity index is 2.69. The predicted molar refractivity (Wildman–Crippen MR) is 57.1 cm³/mol. The minimum absolute atomic E-state index is 0.566. The SMILES string of the molecule is CC(C)c1cc2c(s1)c(N)nn2C. The van der Waals surface area contributed by atoms with Gasteiger partial charge in [-0.1, -0.05) is 13.8 Å². The fourth-order valence-corrected chi connectivity index (χ4v) is 2.45. The van der Waals surface area contributed by atoms with Crippen LogP contribution in [0.25, 0.3) is 10.2 Å². The molecule has 0 amide bonds. The summed E-state index contributed by atoms with van der Waals surface area (Å²) in [4.78, 5) is 1.37. The van der Waals surface area contributed by atoms with Crippen molar-refractivity contribution in [1.82, 2.24) is 9.78 Å². The van der Waals surface area contributed by atoms with Gasteiger partial charge < -0.3 is 5.73 Å². The molecule has 0 saturated heterocycles. The van der Waals surface area contributed by atoms with Gasteiger partial charge in [0.25, 0.3) is 0 Å². The zero-order valence-corrected chi connectivity index (χ0v) is 8.85. The standard InChI is InChI=1S/C9H13N3S/c1-5(2)7-4-6-8(13-7)9(10)11-12(6)3/h4-5H,1-3H3,(H2,10,11). The Morgan fingerprint density at radius 2 is 2.23 bits per heavy atom. The zero-order valence-electron chi connectivity index (χ0n) is 8.03. The van der Waals surface area contributed by atoms with Gasteiger partial charge in [0.05, 0.1) is 10.2 Å². The number of hydrogen-bond donors (Lipinski definition) is 1. The van der Waals surface area contributed by atoms with Gasteiger partial charge in [0.15, 0.2) is 5.82 Å². The summed E-state index contributed by atoms with van der Waals surface area (Å²) < 4.78 is 2.96. The Morgan fingerprint density at radius 3 is 2.77 bits per heavy atom. The summed E-state index contributed by atoms with van der Waals surface area (Å²) in [6, 6.07) is 2.17. The lowest BCUT2D eigenvalue weighted by Gasteiger charge is -1.97. The average molecular weight is 195 g/mol. The molecule has 4 heteroatoms. The first kappa shape index (κ1) is 8.56. The molecule has 70 valence electrons. The van der Waals surface area contributed by atoms with E-state index in [0.29, 0.717) is 11.7 Å². The van der Waals surface area contributed by atoms with Crippen LogP contribution >= 0.6 is 11.3 Å². The summed E-state index contributed by atoms with van der Waals surface area (Å²) >= 11 is 1.74. The van der Waals surface area contributed by atoms with Gasteiger partial charge >= 0.3 is 0 Å². The molecule has 2 rings (SSSR count). The molecule has 0 aromatic carbocycles. The van der Waals surface area contributed by atoms with Gasteiger partial charge in [0, 0.05) is 11.9 Å². The minimum Gasteiger partial charge on any atom is -0.381 e. The third-order valence-electron chi connectivity index (χ3n) is 2.14. The highest BCUT2D eigenvalue weighted by atomic mass is 32.1. The van der Waals surface area contributed by atoms with E-state index in [0.717, 1.165) is 10.2 Å². The number of thiophene rings is 1. The van der Waals surface area contributed by atoms with Crippen molar-refractivity contribution in [3.63, 3.8) is 0 Å². The molecule has 13 heavy (non-hydrogen) atoms. The maximum atomic E-state index is 5.77. The molecule has 0 unspecified atom stereocenters. The average Bonchev–Trinajstić information content (AvgIpc) is 2.55. The molecular weight excluding hydrogens is 182 g/mol. The zero-order chi connectivity index (χ0) is 9.59. The second-order valence-corrected chi connectivity index (χ2v) is 4.61. The monoisotopic (exact) mass is 195 g/mol. The maximum Gasteiger partial charge on any atom is 0.163 e. The van der Waals surface area contributed by atoms with Crippen LogP contribution in [0.3, 0.4) is 0 Å². The number of hydrogen-bond acceptors (Lipinski definition) is 3. The molecule has 2 aromatic rings. The Kier molecular flexibility index (Phi) is 1.80. The molecule has 0 aliphatic carbocycles. The smallest absolute Gasteiger partial charge is 0.163 e. The summed E-state index contributed by atoms with van der Waals surface area (Å²) in [6.45, 7) is 4.38. The first-order valence-electron chi connectivity index (χ1n) is 4.31. The van der Waals surface area contributed by atoms with Crippen molar-refractivity contribution in [2.24, 2.45) is 7.05 Å². The van der Waals surface area contributed by atoms with Gasteiger partial charge in [0.2, 0.25) is 0 Å². The van der Waals surface area contributed by atoms with Crippen LogP contribution in [0.4, 0.5) is 5.82 Å². The number of anilines is 1. The lowest BCUT2D eigenvalue weighted by Crippen LogP contribution is -1.92. The van der Waals surface area contributed by atoms with Crippen molar-refractivity contribution < 1.29 is 0 Å². The van der Waals surface area contributed by atoms with Crippen molar-refractivity contribution in [3.05, 3.63) is 10.9 Å². The minimum atomic E-state index is 0.566. The van der Waals surface area contributed by atoms with Gasteiger partial charge in [-0.15, -0.1) is 11.3 Å². The molecule has 0 bridgehead atoms. The normalized spacial score (nSPS) is 11.7. The Morgan fingerprint density at radius 1 is 1.54 bits per heavy atom. The highest BCUT2D eigenvalue weighted by molar-refractivity contribution is 7.19. The van der Waals surface area contributed by atoms with E-state index >= 15 is 0 Å². The number of fused-ring (bicyclic) bond motifs is 1. The van der Waals surface area contributed by atoms with Crippen LogP contribution in [0.2, 0.25) is 0 Å². The second kappa shape index (κ2) is 2.73. The van der Waals surface area contributed by atoms with Crippen LogP contribution in [0.5, 0.6) is 0 Å². The molecule has 0 saturated carbocycles. The fraction of sp³-hybridized carbons (Fsp3) is 0.444. The maximum absolute atomic E-state index is 5.77. The molecule has 2 aromatic heterocycles. The summed E-state index contributed by atoms with van der Waals surface area (Å²) in [5.41, 5.74) is 6.91. The highest BCUT2D eigenvalue weighted by Crippen LogP contribution is 2.33. The number of aryl methyl sites for hydroxylation is 1. The second-order valence-electron chi connectivity index (χ2n) is 3.53. The van der Waals surface area contributed by atoms with E-state index in [2.05, 4.69) is 25.0 Å². The van der Waals surface area contributed by atoms with E-state index in [4.69, 9.17) is 5.73 Å². The number of nitrogens with two attached hydrogens (primary N) is 1. The van der Waals surface area contributed by atoms with Crippen LogP contribution in [-0.4, -0.2) is 9.78 Å². The summed E-state index contributed by atoms with van der Waals surface area (Å²) in [5.74, 6) is 1.21. The molecule has 0 atom stereocenters. The molecule has 3 nitrogen and oxygen atoms in total. The van der Waals surface area contributed by atoms with Gasteiger partial charge in [-0.3, -0.25) is 4.68 Å². The van der Waals surface area contributed by atoms with Crippen LogP contribution < -0.4 is 5.73 Å². The Bertz CT molecular complexity index is 404. The van der Waals surface area contributed by atoms with Gasteiger partial charge in [-0.05, 0) is 12.0 Å². The first-order chi connectivity index (χ1) is 6.09. The highest BCUT2D eigenvalue weighted by Gasteiger charge is 2.11. The lowest BCUT2D eigenvalue weighted by atomic mass is 10.2. The van der Waals surface area contributed by atoms with E-state index in [1.807, 2.05) is 11.7 Å². The van der Waals surface area contributed by atoms with E-state index < -0.39 is 0 Å². The topological polar surface area (TPSA) is 43.8 Å². The number of rotatable bonds is 1. The number of aromatic nitrogens is 2. The third-order valence-corrected chi connectivity index (χ3v) is 3.59. The van der Waals surface area contributed by atoms with Crippen LogP contribution in [-0.2, 0) is 7.05 Å². The van der Waals surface area contributed by atoms with Crippen molar-refractivity contribution in [2.75, 3.05) is 5.73 Å². The van der Waals surface area contributed by atoms with Gasteiger partial charge in [-0.2, -0.15) is 5.10 Å². The van der Waals surface area contributed by atoms with Gasteiger partial charge in [0.1, 0.15) is 0 Å². The van der Waals surface area contributed by atoms with Crippen LogP contribution in [0, 0.1) is 0 Å². The number of nitrogens with zero attached hydrogens (tertiary/aromatic N) is 2. The molecule has 0 radical (unpaired) electrons. The van der Waals surface area contributed by atoms with E-state index in [1.54, 1.807) is 11.3 Å². The Hall–Kier alpha value is -1.03. The van der Waals surface area contributed by atoms with Crippen LogP contribution in [0.15, 0.2) is 6.07 Å². The molecule has 0 spiro atoms. The molecular formula is C9H13N3S. The molecule has 0 fully saturated rings. The van der Waals surface area contributed by atoms with Crippen molar-refractivity contribution in [2.45, 2.75) is 19.8 Å². The molecule has 0 aliphatic heterocycles. The van der Waals surface area contributed by atoms with E-state index in [9.17, 15) is 0 Å². The summed E-state index contributed by atoms with van der Waals surface area (Å²) in [7, 11) is 1.93. The summed E-state index contributed by atoms with van der Waals surface area (Å²) in [6.07, 6.45) is 0. The third kappa shape index (κ3) is 1.21. The lowest BCUT2D eigenvalue weighted by molar-refractivity contribution is 0.800. The van der Waals surface area contributed by atoms with Crippen LogP contribution in [0.1, 0.15) is 24.6 Å². The van der Waals surface area contributed by atoms with Crippen molar-refractivity contribution >= 4 is 27.4 Å². The molecule has 0 aliphatic rings. The fourth-order valence-electron chi connectivity index (χ4n) is 1.37. The van der Waals surface area contributed by atoms with E-state index in [1.165, 1.54) is 4.88 Å². The molecule has 2 heterocycles. The quantitative estimate of drug-likeness (QED) is 0.759. The van der Waals surface area contributed by atoms with E-state index in [-0.39, 0.29) is 0 Å². The van der Waals surface area contributed by atoms with Gasteiger partial charge in [-0.25, -0.2) is 0 Å². The van der Waals surface area contributed by atoms with Crippen molar-refractivity contribution in [3.8, 4) is 0 Å². The van der Waals surface area contributed by atoms with Crippen molar-refractivity contribution in [1.29, 1.82) is 0 Å². The number of nitrogen functional groups attached to an aromatic ring is 1. The molecule has 2 N–H and O–H groups in total. The summed E-state index contributed by atoms with van der Waals surface area (Å²) in [5, 5.41) is 4.16. The predicted octanol–water partition coefficient (Wildman–Crippen LogP) is 2.34. The Labute approximate surface area is 81.2 Å². The largest absolute Gasteiger partial charge is 0.381 e. The first-order valence-corrected chi connectivity index (χ1v) is 5.13.